The first-order valence-electron chi connectivity index (χ1n) is 13.0. The molecule has 39 heavy (non-hydrogen) atoms. The van der Waals surface area contributed by atoms with Crippen molar-refractivity contribution < 1.29 is 0 Å². The normalized spacial score (nSPS) is 11.6. The topological polar surface area (TPSA) is 0 Å². The van der Waals surface area contributed by atoms with Gasteiger partial charge >= 0.3 is 0 Å². The van der Waals surface area contributed by atoms with Gasteiger partial charge in [0, 0.05) is 7.14 Å². The van der Waals surface area contributed by atoms with Gasteiger partial charge in [0.2, 0.25) is 0 Å². The Morgan fingerprint density at radius 3 is 1.51 bits per heavy atom. The molecular weight excluding hydrogens is 698 g/mol. The third kappa shape index (κ3) is 5.87. The fourth-order valence-electron chi connectivity index (χ4n) is 4.94. The van der Waals surface area contributed by atoms with Crippen molar-refractivity contribution in [1.29, 1.82) is 0 Å². The van der Waals surface area contributed by atoms with Gasteiger partial charge in [0.05, 0.1) is 0 Å². The van der Waals surface area contributed by atoms with E-state index in [9.17, 15) is 0 Å². The molecule has 0 aliphatic rings. The zero-order valence-electron chi connectivity index (χ0n) is 21.5. The van der Waals surface area contributed by atoms with E-state index in [1.807, 2.05) is 0 Å². The maximum Gasteiger partial charge on any atom is 0.0202 e. The standard InChI is InChI=1S/C37H26I2/c1-25(22-34-4-2-3-5-37(34)39)26-6-8-29(9-7-26)32-16-14-31-15-17-33(24-35(31)23-32)30-12-10-27(11-13-30)28-18-20-36(38)21-19-28/h2-24H,1H3/b25-22+. The highest BCUT2D eigenvalue weighted by Gasteiger charge is 2.06. The molecule has 0 heterocycles. The van der Waals surface area contributed by atoms with Gasteiger partial charge in [-0.25, -0.2) is 0 Å². The SMILES string of the molecule is C/C(=C\c1ccccc1I)c1ccc(-c2ccc3ccc(-c4ccc(-c5ccc(I)cc5)cc4)cc3c2)cc1. The Kier molecular flexibility index (Phi) is 7.67. The fourth-order valence-corrected chi connectivity index (χ4v) is 5.84. The second kappa shape index (κ2) is 11.5. The molecule has 2 heteroatoms. The average Bonchev–Trinajstić information content (AvgIpc) is 2.98. The molecule has 0 fully saturated rings. The summed E-state index contributed by atoms with van der Waals surface area (Å²) in [6.45, 7) is 2.18. The number of benzene rings is 6. The van der Waals surface area contributed by atoms with E-state index in [-0.39, 0.29) is 0 Å². The largest absolute Gasteiger partial charge is 0.0616 e. The van der Waals surface area contributed by atoms with E-state index in [0.29, 0.717) is 0 Å². The summed E-state index contributed by atoms with van der Waals surface area (Å²) >= 11 is 4.75. The second-order valence-electron chi connectivity index (χ2n) is 9.79. The molecule has 0 amide bonds. The molecule has 0 unspecified atom stereocenters. The Bertz CT molecular complexity index is 1790. The van der Waals surface area contributed by atoms with Crippen molar-refractivity contribution in [2.24, 2.45) is 0 Å². The van der Waals surface area contributed by atoms with E-state index in [4.69, 9.17) is 0 Å². The zero-order valence-corrected chi connectivity index (χ0v) is 25.8. The van der Waals surface area contributed by atoms with E-state index >= 15 is 0 Å². The maximum atomic E-state index is 2.40. The lowest BCUT2D eigenvalue weighted by atomic mass is 9.95. The Morgan fingerprint density at radius 2 is 0.949 bits per heavy atom. The second-order valence-corrected chi connectivity index (χ2v) is 12.2. The molecule has 0 nitrogen and oxygen atoms in total. The molecule has 6 rings (SSSR count). The molecule has 6 aromatic rings. The molecule has 0 bridgehead atoms. The van der Waals surface area contributed by atoms with Crippen LogP contribution >= 0.6 is 45.2 Å². The highest BCUT2D eigenvalue weighted by atomic mass is 127. The van der Waals surface area contributed by atoms with Crippen LogP contribution in [0.3, 0.4) is 0 Å². The van der Waals surface area contributed by atoms with Crippen LogP contribution in [-0.2, 0) is 0 Å². The fraction of sp³-hybridized carbons (Fsp3) is 0.0270. The van der Waals surface area contributed by atoms with Crippen molar-refractivity contribution in [2.45, 2.75) is 6.92 Å². The van der Waals surface area contributed by atoms with Crippen LogP contribution in [0, 0.1) is 7.14 Å². The molecule has 0 saturated carbocycles. The predicted molar refractivity (Wildman–Crippen MR) is 186 cm³/mol. The molecule has 0 saturated heterocycles. The third-order valence-corrected chi connectivity index (χ3v) is 8.89. The number of halogens is 2. The van der Waals surface area contributed by atoms with Crippen LogP contribution in [0.15, 0.2) is 133 Å². The van der Waals surface area contributed by atoms with Gasteiger partial charge in [-0.3, -0.25) is 0 Å². The predicted octanol–water partition coefficient (Wildman–Crippen LogP) is 11.6. The lowest BCUT2D eigenvalue weighted by Crippen LogP contribution is -1.85. The summed E-state index contributed by atoms with van der Waals surface area (Å²) in [5.41, 5.74) is 11.2. The minimum atomic E-state index is 1.23. The molecule has 0 spiro atoms. The summed E-state index contributed by atoms with van der Waals surface area (Å²) in [5, 5.41) is 2.51. The van der Waals surface area contributed by atoms with Crippen molar-refractivity contribution in [3.05, 3.63) is 152 Å². The van der Waals surface area contributed by atoms with Crippen molar-refractivity contribution in [3.8, 4) is 33.4 Å². The first-order valence-corrected chi connectivity index (χ1v) is 15.1. The summed E-state index contributed by atoms with van der Waals surface area (Å²) < 4.78 is 2.52. The van der Waals surface area contributed by atoms with E-state index in [1.165, 1.54) is 68.0 Å². The number of hydrogen-bond acceptors (Lipinski definition) is 0. The molecule has 0 aliphatic heterocycles. The quantitative estimate of drug-likeness (QED) is 0.123. The molecule has 6 aromatic carbocycles. The van der Waals surface area contributed by atoms with Crippen molar-refractivity contribution >= 4 is 67.6 Å². The first kappa shape index (κ1) is 26.0. The lowest BCUT2D eigenvalue weighted by molar-refractivity contribution is 1.55. The van der Waals surface area contributed by atoms with Crippen molar-refractivity contribution in [3.63, 3.8) is 0 Å². The minimum absolute atomic E-state index is 1.23. The van der Waals surface area contributed by atoms with Crippen LogP contribution in [0.4, 0.5) is 0 Å². The van der Waals surface area contributed by atoms with Gasteiger partial charge in [-0.05, 0) is 143 Å². The van der Waals surface area contributed by atoms with Gasteiger partial charge < -0.3 is 0 Å². The molecule has 0 radical (unpaired) electrons. The van der Waals surface area contributed by atoms with E-state index in [0.717, 1.165) is 0 Å². The average molecular weight is 724 g/mol. The Labute approximate surface area is 257 Å². The van der Waals surface area contributed by atoms with Gasteiger partial charge in [0.1, 0.15) is 0 Å². The van der Waals surface area contributed by atoms with Crippen LogP contribution in [0.5, 0.6) is 0 Å². The first-order chi connectivity index (χ1) is 19.0. The molecule has 0 aliphatic carbocycles. The highest BCUT2D eigenvalue weighted by molar-refractivity contribution is 14.1. The Morgan fingerprint density at radius 1 is 0.487 bits per heavy atom. The van der Waals surface area contributed by atoms with Gasteiger partial charge in [-0.1, -0.05) is 109 Å². The summed E-state index contributed by atoms with van der Waals surface area (Å²) in [6.07, 6.45) is 2.27. The number of allylic oxidation sites excluding steroid dienone is 1. The van der Waals surface area contributed by atoms with Crippen LogP contribution in [-0.4, -0.2) is 0 Å². The monoisotopic (exact) mass is 724 g/mol. The molecular formula is C37H26I2. The van der Waals surface area contributed by atoms with Gasteiger partial charge in [0.15, 0.2) is 0 Å². The molecule has 0 atom stereocenters. The van der Waals surface area contributed by atoms with Crippen molar-refractivity contribution in [2.75, 3.05) is 0 Å². The van der Waals surface area contributed by atoms with Crippen molar-refractivity contribution in [1.82, 2.24) is 0 Å². The number of fused-ring (bicyclic) bond motifs is 1. The van der Waals surface area contributed by atoms with Crippen LogP contribution in [0.2, 0.25) is 0 Å². The summed E-state index contributed by atoms with van der Waals surface area (Å²) in [4.78, 5) is 0. The smallest absolute Gasteiger partial charge is 0.0202 e. The van der Waals surface area contributed by atoms with Crippen LogP contribution in [0.1, 0.15) is 18.1 Å². The number of rotatable bonds is 5. The van der Waals surface area contributed by atoms with Gasteiger partial charge in [-0.2, -0.15) is 0 Å². The van der Waals surface area contributed by atoms with E-state index < -0.39 is 0 Å². The highest BCUT2D eigenvalue weighted by Crippen LogP contribution is 2.31. The Balaban J connectivity index is 1.26. The van der Waals surface area contributed by atoms with Crippen LogP contribution < -0.4 is 0 Å². The molecule has 188 valence electrons. The summed E-state index contributed by atoms with van der Waals surface area (Å²) in [7, 11) is 0. The van der Waals surface area contributed by atoms with E-state index in [1.54, 1.807) is 0 Å². The summed E-state index contributed by atoms with van der Waals surface area (Å²) in [6, 6.07) is 48.5. The minimum Gasteiger partial charge on any atom is -0.0616 e. The van der Waals surface area contributed by atoms with E-state index in [2.05, 4.69) is 192 Å². The molecule has 0 aromatic heterocycles. The number of hydrogen-bond donors (Lipinski definition) is 0. The summed E-state index contributed by atoms with van der Waals surface area (Å²) in [5.74, 6) is 0. The molecule has 0 N–H and O–H groups in total. The maximum absolute atomic E-state index is 2.40. The lowest BCUT2D eigenvalue weighted by Gasteiger charge is -2.09. The zero-order chi connectivity index (χ0) is 26.8. The third-order valence-electron chi connectivity index (χ3n) is 7.19. The van der Waals surface area contributed by atoms with Gasteiger partial charge in [0.25, 0.3) is 0 Å². The van der Waals surface area contributed by atoms with Gasteiger partial charge in [-0.15, -0.1) is 0 Å². The Hall–Kier alpha value is -3.22. The van der Waals surface area contributed by atoms with Crippen LogP contribution in [0.25, 0.3) is 55.8 Å².